The predicted molar refractivity (Wildman–Crippen MR) is 101 cm³/mol. The zero-order chi connectivity index (χ0) is 19.6. The molecule has 2 aromatic carbocycles. The summed E-state index contributed by atoms with van der Waals surface area (Å²) in [4.78, 5) is 24.4. The van der Waals surface area contributed by atoms with Crippen LogP contribution in [0.2, 0.25) is 0 Å². The smallest absolute Gasteiger partial charge is 0.410 e. The average molecular weight is 372 g/mol. The summed E-state index contributed by atoms with van der Waals surface area (Å²) in [5.41, 5.74) is 5.94. The zero-order valence-electron chi connectivity index (χ0n) is 15.4. The van der Waals surface area contributed by atoms with Crippen LogP contribution in [0.5, 0.6) is 0 Å². The van der Waals surface area contributed by atoms with E-state index in [1.165, 1.54) is 12.1 Å². The van der Waals surface area contributed by atoms with E-state index in [2.05, 4.69) is 0 Å². The lowest BCUT2D eigenvalue weighted by Crippen LogP contribution is -2.43. The molecule has 1 saturated heterocycles. The standard InChI is InChI=1S/C15H19FN2O3.C6H6/c1-10(11-2-4-12(16)5-3-11)18-9-8-13(21-15(18)20)6-7-14(17)19;1-2-4-6-5-3-1/h2-5,10,13H,6-9H2,1H3,(H2,17,19);1-6H. The van der Waals surface area contributed by atoms with Gasteiger partial charge in [0.25, 0.3) is 0 Å². The Hall–Kier alpha value is -2.89. The van der Waals surface area contributed by atoms with Crippen molar-refractivity contribution >= 4 is 12.0 Å². The third-order valence-corrected chi connectivity index (χ3v) is 4.39. The van der Waals surface area contributed by atoms with Gasteiger partial charge in [-0.25, -0.2) is 9.18 Å². The van der Waals surface area contributed by atoms with Crippen molar-refractivity contribution in [2.45, 2.75) is 38.3 Å². The Bertz CT molecular complexity index is 695. The maximum Gasteiger partial charge on any atom is 0.410 e. The monoisotopic (exact) mass is 372 g/mol. The molecular formula is C21H25FN2O3. The average Bonchev–Trinajstić information content (AvgIpc) is 2.68. The van der Waals surface area contributed by atoms with Crippen molar-refractivity contribution in [2.24, 2.45) is 5.73 Å². The van der Waals surface area contributed by atoms with Crippen molar-refractivity contribution in [1.82, 2.24) is 4.90 Å². The second-order valence-corrected chi connectivity index (χ2v) is 6.38. The Morgan fingerprint density at radius 2 is 1.74 bits per heavy atom. The first kappa shape index (κ1) is 20.4. The number of rotatable bonds is 5. The minimum absolute atomic E-state index is 0.185. The molecule has 0 saturated carbocycles. The molecule has 144 valence electrons. The van der Waals surface area contributed by atoms with Crippen molar-refractivity contribution in [3.8, 4) is 0 Å². The summed E-state index contributed by atoms with van der Waals surface area (Å²) >= 11 is 0. The van der Waals surface area contributed by atoms with E-state index in [-0.39, 0.29) is 24.4 Å². The summed E-state index contributed by atoms with van der Waals surface area (Å²) in [6.07, 6.45) is 0.657. The van der Waals surface area contributed by atoms with Crippen LogP contribution in [0.3, 0.4) is 0 Å². The van der Waals surface area contributed by atoms with Crippen molar-refractivity contribution in [1.29, 1.82) is 0 Å². The van der Waals surface area contributed by atoms with Crippen molar-refractivity contribution in [3.05, 3.63) is 72.0 Å². The van der Waals surface area contributed by atoms with Crippen LogP contribution in [-0.2, 0) is 9.53 Å². The molecule has 1 heterocycles. The molecule has 2 unspecified atom stereocenters. The summed E-state index contributed by atoms with van der Waals surface area (Å²) in [6, 6.07) is 17.9. The predicted octanol–water partition coefficient (Wildman–Crippen LogP) is 4.05. The van der Waals surface area contributed by atoms with Gasteiger partial charge in [0.2, 0.25) is 5.91 Å². The fourth-order valence-corrected chi connectivity index (χ4v) is 2.81. The summed E-state index contributed by atoms with van der Waals surface area (Å²) < 4.78 is 18.2. The number of cyclic esters (lactones) is 1. The fraction of sp³-hybridized carbons (Fsp3) is 0.333. The molecule has 0 spiro atoms. The van der Waals surface area contributed by atoms with E-state index in [0.29, 0.717) is 19.4 Å². The number of halogens is 1. The van der Waals surface area contributed by atoms with Gasteiger partial charge in [-0.2, -0.15) is 0 Å². The molecule has 27 heavy (non-hydrogen) atoms. The lowest BCUT2D eigenvalue weighted by molar-refractivity contribution is -0.118. The lowest BCUT2D eigenvalue weighted by atomic mass is 10.0. The number of primary amides is 1. The largest absolute Gasteiger partial charge is 0.446 e. The van der Waals surface area contributed by atoms with Crippen molar-refractivity contribution in [2.75, 3.05) is 6.54 Å². The molecule has 0 radical (unpaired) electrons. The lowest BCUT2D eigenvalue weighted by Gasteiger charge is -2.35. The molecule has 0 bridgehead atoms. The molecule has 2 aromatic rings. The fourth-order valence-electron chi connectivity index (χ4n) is 2.81. The molecule has 5 nitrogen and oxygen atoms in total. The Morgan fingerprint density at radius 3 is 2.22 bits per heavy atom. The van der Waals surface area contributed by atoms with Gasteiger partial charge in [0, 0.05) is 19.4 Å². The van der Waals surface area contributed by atoms with Gasteiger partial charge in [-0.05, 0) is 31.0 Å². The summed E-state index contributed by atoms with van der Waals surface area (Å²) in [7, 11) is 0. The van der Waals surface area contributed by atoms with Crippen LogP contribution in [0.25, 0.3) is 0 Å². The van der Waals surface area contributed by atoms with Gasteiger partial charge in [-0.1, -0.05) is 48.5 Å². The highest BCUT2D eigenvalue weighted by atomic mass is 19.1. The van der Waals surface area contributed by atoms with Gasteiger partial charge < -0.3 is 15.4 Å². The molecule has 1 fully saturated rings. The van der Waals surface area contributed by atoms with Gasteiger partial charge in [-0.15, -0.1) is 0 Å². The van der Waals surface area contributed by atoms with E-state index in [0.717, 1.165) is 5.56 Å². The van der Waals surface area contributed by atoms with Gasteiger partial charge >= 0.3 is 6.09 Å². The van der Waals surface area contributed by atoms with Crippen molar-refractivity contribution in [3.63, 3.8) is 0 Å². The van der Waals surface area contributed by atoms with E-state index >= 15 is 0 Å². The first-order valence-corrected chi connectivity index (χ1v) is 8.98. The summed E-state index contributed by atoms with van der Waals surface area (Å²) in [6.45, 7) is 2.42. The Kier molecular flexibility index (Phi) is 7.79. The van der Waals surface area contributed by atoms with Crippen LogP contribution in [0.4, 0.5) is 9.18 Å². The number of ether oxygens (including phenoxy) is 1. The molecule has 1 aliphatic heterocycles. The molecule has 2 amide bonds. The Morgan fingerprint density at radius 1 is 1.19 bits per heavy atom. The second-order valence-electron chi connectivity index (χ2n) is 6.38. The quantitative estimate of drug-likeness (QED) is 0.860. The highest BCUT2D eigenvalue weighted by molar-refractivity contribution is 5.74. The molecule has 0 aromatic heterocycles. The molecular weight excluding hydrogens is 347 g/mol. The van der Waals surface area contributed by atoms with E-state index in [9.17, 15) is 14.0 Å². The number of amides is 2. The normalized spacial score (nSPS) is 17.3. The first-order chi connectivity index (χ1) is 13.0. The second kappa shape index (κ2) is 10.3. The number of nitrogens with zero attached hydrogens (tertiary/aromatic N) is 1. The van der Waals surface area contributed by atoms with Crippen LogP contribution in [0.15, 0.2) is 60.7 Å². The topological polar surface area (TPSA) is 72.6 Å². The van der Waals surface area contributed by atoms with E-state index in [1.54, 1.807) is 17.0 Å². The van der Waals surface area contributed by atoms with Crippen molar-refractivity contribution < 1.29 is 18.7 Å². The molecule has 2 N–H and O–H groups in total. The van der Waals surface area contributed by atoms with Crippen LogP contribution >= 0.6 is 0 Å². The van der Waals surface area contributed by atoms with Gasteiger partial charge in [0.1, 0.15) is 11.9 Å². The van der Waals surface area contributed by atoms with Crippen LogP contribution in [-0.4, -0.2) is 29.5 Å². The van der Waals surface area contributed by atoms with Crippen LogP contribution in [0, 0.1) is 5.82 Å². The number of hydrogen-bond donors (Lipinski definition) is 1. The molecule has 6 heteroatoms. The molecule has 3 rings (SSSR count). The SMILES string of the molecule is CC(c1ccc(F)cc1)N1CCC(CCC(N)=O)OC1=O.c1ccccc1. The maximum atomic E-state index is 12.9. The minimum atomic E-state index is -0.410. The third kappa shape index (κ3) is 6.73. The minimum Gasteiger partial charge on any atom is -0.446 e. The number of hydrogen-bond acceptors (Lipinski definition) is 3. The Labute approximate surface area is 158 Å². The number of carbonyl (C=O) groups excluding carboxylic acids is 2. The third-order valence-electron chi connectivity index (χ3n) is 4.39. The molecule has 0 aliphatic carbocycles. The Balaban J connectivity index is 0.000000369. The van der Waals surface area contributed by atoms with E-state index in [1.807, 2.05) is 43.3 Å². The maximum absolute atomic E-state index is 12.9. The van der Waals surface area contributed by atoms with Crippen LogP contribution in [0.1, 0.15) is 37.8 Å². The van der Waals surface area contributed by atoms with E-state index in [4.69, 9.17) is 10.5 Å². The zero-order valence-corrected chi connectivity index (χ0v) is 15.4. The number of nitrogens with two attached hydrogens (primary N) is 1. The first-order valence-electron chi connectivity index (χ1n) is 8.98. The molecule has 1 aliphatic rings. The highest BCUT2D eigenvalue weighted by Crippen LogP contribution is 2.26. The summed E-state index contributed by atoms with van der Waals surface area (Å²) in [5.74, 6) is -0.702. The van der Waals surface area contributed by atoms with Gasteiger partial charge in [-0.3, -0.25) is 4.79 Å². The summed E-state index contributed by atoms with van der Waals surface area (Å²) in [5, 5.41) is 0. The highest BCUT2D eigenvalue weighted by Gasteiger charge is 2.30. The molecule has 2 atom stereocenters. The number of carbonyl (C=O) groups is 2. The number of benzene rings is 2. The van der Waals surface area contributed by atoms with Gasteiger partial charge in [0.05, 0.1) is 6.04 Å². The van der Waals surface area contributed by atoms with Gasteiger partial charge in [0.15, 0.2) is 0 Å². The van der Waals surface area contributed by atoms with Crippen LogP contribution < -0.4 is 5.73 Å². The van der Waals surface area contributed by atoms with E-state index < -0.39 is 12.0 Å².